The minimum atomic E-state index is -0.105. The van der Waals surface area contributed by atoms with Crippen molar-refractivity contribution in [3.63, 3.8) is 0 Å². The lowest BCUT2D eigenvalue weighted by Gasteiger charge is -2.20. The van der Waals surface area contributed by atoms with Crippen LogP contribution in [0.3, 0.4) is 0 Å². The maximum Gasteiger partial charge on any atom is 0.145 e. The van der Waals surface area contributed by atoms with E-state index in [1.54, 1.807) is 16.4 Å². The summed E-state index contributed by atoms with van der Waals surface area (Å²) in [7, 11) is 1.78. The average Bonchev–Trinajstić information content (AvgIpc) is 3.01. The van der Waals surface area contributed by atoms with Gasteiger partial charge in [0, 0.05) is 12.6 Å². The minimum Gasteiger partial charge on any atom is -0.394 e. The first-order valence-corrected chi connectivity index (χ1v) is 8.28. The average molecular weight is 356 g/mol. The summed E-state index contributed by atoms with van der Waals surface area (Å²) in [5.74, 6) is 1.06. The number of hydrogen-bond acceptors (Lipinski definition) is 6. The lowest BCUT2D eigenvalue weighted by Crippen LogP contribution is -2.24. The monoisotopic (exact) mass is 356 g/mol. The van der Waals surface area contributed by atoms with E-state index < -0.39 is 0 Å². The van der Waals surface area contributed by atoms with E-state index in [0.717, 1.165) is 17.0 Å². The smallest absolute Gasteiger partial charge is 0.145 e. The molecule has 8 N–H and O–H groups in total. The van der Waals surface area contributed by atoms with Crippen LogP contribution in [-0.2, 0) is 12.6 Å². The Labute approximate surface area is 153 Å². The number of hydrogen-bond donors (Lipinski definition) is 4. The molecule has 26 heavy (non-hydrogen) atoms. The van der Waals surface area contributed by atoms with Gasteiger partial charge in [-0.1, -0.05) is 30.3 Å². The molecule has 0 aliphatic rings. The van der Waals surface area contributed by atoms with Crippen LogP contribution in [0.2, 0.25) is 0 Å². The van der Waals surface area contributed by atoms with Gasteiger partial charge in [-0.25, -0.2) is 4.68 Å². The molecule has 140 valence electrons. The molecule has 0 amide bonds. The molecule has 0 bridgehead atoms. The highest BCUT2D eigenvalue weighted by Crippen LogP contribution is 2.28. The Balaban J connectivity index is 0.000000190. The Bertz CT molecular complexity index is 884. The molecule has 2 aromatic heterocycles. The molecular weight excluding hydrogens is 328 g/mol. The quantitative estimate of drug-likeness (QED) is 0.527. The Hall–Kier alpha value is -3.16. The van der Waals surface area contributed by atoms with Gasteiger partial charge < -0.3 is 22.9 Å². The van der Waals surface area contributed by atoms with E-state index in [2.05, 4.69) is 10.2 Å². The minimum absolute atomic E-state index is 0.105. The second-order valence-electron chi connectivity index (χ2n) is 7.10. The van der Waals surface area contributed by atoms with Gasteiger partial charge in [0.15, 0.2) is 0 Å². The number of nitrogens with zero attached hydrogens (tertiary/aromatic N) is 4. The SMILES string of the molecule is Cc1nn(C(C)(C)C)c(N)c1N.Cn1nc(-c2ccccc2)c(N)c1N. The number of aromatic nitrogens is 4. The van der Waals surface area contributed by atoms with Gasteiger partial charge in [-0.2, -0.15) is 10.2 Å². The van der Waals surface area contributed by atoms with Crippen molar-refractivity contribution in [2.45, 2.75) is 33.2 Å². The Morgan fingerprint density at radius 2 is 1.42 bits per heavy atom. The van der Waals surface area contributed by atoms with Crippen LogP contribution in [0.5, 0.6) is 0 Å². The molecule has 0 atom stereocenters. The molecule has 0 aliphatic heterocycles. The number of aryl methyl sites for hydroxylation is 2. The highest BCUT2D eigenvalue weighted by Gasteiger charge is 2.19. The van der Waals surface area contributed by atoms with Crippen molar-refractivity contribution in [1.82, 2.24) is 19.6 Å². The molecule has 0 radical (unpaired) electrons. The Morgan fingerprint density at radius 3 is 1.77 bits per heavy atom. The normalized spacial score (nSPS) is 11.1. The predicted molar refractivity (Wildman–Crippen MR) is 108 cm³/mol. The van der Waals surface area contributed by atoms with Crippen LogP contribution in [0, 0.1) is 6.92 Å². The maximum absolute atomic E-state index is 5.83. The first-order valence-electron chi connectivity index (χ1n) is 8.28. The fourth-order valence-corrected chi connectivity index (χ4v) is 2.43. The van der Waals surface area contributed by atoms with Crippen LogP contribution in [-0.4, -0.2) is 19.6 Å². The van der Waals surface area contributed by atoms with Gasteiger partial charge in [0.1, 0.15) is 23.0 Å². The number of rotatable bonds is 1. The summed E-state index contributed by atoms with van der Waals surface area (Å²) in [6, 6.07) is 9.75. The van der Waals surface area contributed by atoms with Crippen LogP contribution < -0.4 is 22.9 Å². The number of nitrogens with two attached hydrogens (primary N) is 4. The van der Waals surface area contributed by atoms with Gasteiger partial charge in [-0.05, 0) is 27.7 Å². The van der Waals surface area contributed by atoms with Crippen LogP contribution in [0.15, 0.2) is 30.3 Å². The highest BCUT2D eigenvalue weighted by atomic mass is 15.4. The molecule has 0 fully saturated rings. The number of benzene rings is 1. The summed E-state index contributed by atoms with van der Waals surface area (Å²) in [6.07, 6.45) is 0. The Morgan fingerprint density at radius 1 is 0.846 bits per heavy atom. The fraction of sp³-hybridized carbons (Fsp3) is 0.333. The summed E-state index contributed by atoms with van der Waals surface area (Å²) in [5.41, 5.74) is 26.5. The molecule has 8 nitrogen and oxygen atoms in total. The number of anilines is 4. The van der Waals surface area contributed by atoms with Crippen molar-refractivity contribution in [1.29, 1.82) is 0 Å². The van der Waals surface area contributed by atoms with Gasteiger partial charge in [0.25, 0.3) is 0 Å². The zero-order chi connectivity index (χ0) is 19.6. The van der Waals surface area contributed by atoms with Crippen LogP contribution >= 0.6 is 0 Å². The van der Waals surface area contributed by atoms with Gasteiger partial charge in [0.2, 0.25) is 0 Å². The summed E-state index contributed by atoms with van der Waals surface area (Å²) >= 11 is 0. The molecule has 8 heteroatoms. The van der Waals surface area contributed by atoms with E-state index >= 15 is 0 Å². The largest absolute Gasteiger partial charge is 0.394 e. The van der Waals surface area contributed by atoms with E-state index in [1.165, 1.54) is 0 Å². The standard InChI is InChI=1S/C10H12N4.C8H16N4/c1-14-10(12)8(11)9(13-14)7-5-3-2-4-6-7;1-5-6(9)7(10)12(11-5)8(2,3)4/h2-6H,11-12H2,1H3;9-10H2,1-4H3. The lowest BCUT2D eigenvalue weighted by atomic mass is 10.1. The molecule has 1 aromatic carbocycles. The zero-order valence-corrected chi connectivity index (χ0v) is 16.0. The van der Waals surface area contributed by atoms with Crippen LogP contribution in [0.4, 0.5) is 23.0 Å². The highest BCUT2D eigenvalue weighted by molar-refractivity contribution is 5.80. The van der Waals surface area contributed by atoms with E-state index in [9.17, 15) is 0 Å². The summed E-state index contributed by atoms with van der Waals surface area (Å²) in [6.45, 7) is 7.97. The maximum atomic E-state index is 5.83. The van der Waals surface area contributed by atoms with Crippen LogP contribution in [0.1, 0.15) is 26.5 Å². The van der Waals surface area contributed by atoms with Gasteiger partial charge >= 0.3 is 0 Å². The third-order valence-electron chi connectivity index (χ3n) is 3.96. The number of nitrogen functional groups attached to an aromatic ring is 4. The van der Waals surface area contributed by atoms with E-state index in [1.807, 2.05) is 58.0 Å². The topological polar surface area (TPSA) is 140 Å². The van der Waals surface area contributed by atoms with E-state index in [-0.39, 0.29) is 5.54 Å². The molecule has 0 saturated heterocycles. The van der Waals surface area contributed by atoms with E-state index in [4.69, 9.17) is 22.9 Å². The van der Waals surface area contributed by atoms with Crippen molar-refractivity contribution in [2.75, 3.05) is 22.9 Å². The molecular formula is C18H28N8. The first kappa shape index (κ1) is 19.2. The molecule has 3 rings (SSSR count). The van der Waals surface area contributed by atoms with Gasteiger partial charge in [-0.3, -0.25) is 4.68 Å². The predicted octanol–water partition coefficient (Wildman–Crippen LogP) is 2.36. The molecule has 0 aliphatic carbocycles. The van der Waals surface area contributed by atoms with Gasteiger partial charge in [-0.15, -0.1) is 0 Å². The Kier molecular flexibility index (Phi) is 5.15. The first-order chi connectivity index (χ1) is 12.0. The van der Waals surface area contributed by atoms with Crippen LogP contribution in [0.25, 0.3) is 11.3 Å². The molecule has 0 unspecified atom stereocenters. The third-order valence-corrected chi connectivity index (χ3v) is 3.96. The summed E-state index contributed by atoms with van der Waals surface area (Å²) in [5, 5.41) is 8.49. The van der Waals surface area contributed by atoms with Crippen molar-refractivity contribution in [3.05, 3.63) is 36.0 Å². The zero-order valence-electron chi connectivity index (χ0n) is 16.0. The molecule has 2 heterocycles. The van der Waals surface area contributed by atoms with Crippen molar-refractivity contribution in [3.8, 4) is 11.3 Å². The van der Waals surface area contributed by atoms with E-state index in [0.29, 0.717) is 23.0 Å². The van der Waals surface area contributed by atoms with Crippen molar-refractivity contribution in [2.24, 2.45) is 7.05 Å². The third kappa shape index (κ3) is 3.74. The van der Waals surface area contributed by atoms with Crippen molar-refractivity contribution >= 4 is 23.0 Å². The summed E-state index contributed by atoms with van der Waals surface area (Å²) < 4.78 is 3.33. The summed E-state index contributed by atoms with van der Waals surface area (Å²) in [4.78, 5) is 0. The second-order valence-corrected chi connectivity index (χ2v) is 7.10. The fourth-order valence-electron chi connectivity index (χ4n) is 2.43. The molecule has 0 saturated carbocycles. The molecule has 0 spiro atoms. The lowest BCUT2D eigenvalue weighted by molar-refractivity contribution is 0.360. The van der Waals surface area contributed by atoms with Crippen molar-refractivity contribution < 1.29 is 0 Å². The molecule has 3 aromatic rings. The second kappa shape index (κ2) is 6.99. The van der Waals surface area contributed by atoms with Gasteiger partial charge in [0.05, 0.1) is 16.9 Å².